The minimum absolute atomic E-state index is 0.308. The lowest BCUT2D eigenvalue weighted by Gasteiger charge is -2.07. The van der Waals surface area contributed by atoms with Gasteiger partial charge in [-0.2, -0.15) is 5.10 Å². The summed E-state index contributed by atoms with van der Waals surface area (Å²) in [6.45, 7) is 0. The van der Waals surface area contributed by atoms with E-state index in [1.54, 1.807) is 12.3 Å². The standard InChI is InChI=1S/C18H12FN3O2/c19-14-7-6-13(9-17(14)23)24-18-3-1-2-15(21-18)11-4-5-12-10-20-22-16(12)8-11/h1-10,23H,(H,20,22). The van der Waals surface area contributed by atoms with Crippen LogP contribution in [0.15, 0.2) is 60.8 Å². The molecule has 4 aromatic rings. The number of rotatable bonds is 3. The van der Waals surface area contributed by atoms with Crippen LogP contribution in [0.1, 0.15) is 0 Å². The van der Waals surface area contributed by atoms with Gasteiger partial charge in [0.2, 0.25) is 5.88 Å². The second-order valence-electron chi connectivity index (χ2n) is 5.25. The van der Waals surface area contributed by atoms with Crippen LogP contribution in [0.3, 0.4) is 0 Å². The van der Waals surface area contributed by atoms with Crippen molar-refractivity contribution in [2.75, 3.05) is 0 Å². The third kappa shape index (κ3) is 2.65. The summed E-state index contributed by atoms with van der Waals surface area (Å²) >= 11 is 0. The molecule has 0 spiro atoms. The average Bonchev–Trinajstić information content (AvgIpc) is 3.06. The Kier molecular flexibility index (Phi) is 3.35. The van der Waals surface area contributed by atoms with E-state index in [1.807, 2.05) is 30.3 Å². The van der Waals surface area contributed by atoms with Crippen LogP contribution in [0.2, 0.25) is 0 Å². The minimum Gasteiger partial charge on any atom is -0.505 e. The third-order valence-electron chi connectivity index (χ3n) is 3.60. The summed E-state index contributed by atoms with van der Waals surface area (Å²) in [4.78, 5) is 4.45. The van der Waals surface area contributed by atoms with E-state index in [2.05, 4.69) is 15.2 Å². The first-order valence-electron chi connectivity index (χ1n) is 7.26. The largest absolute Gasteiger partial charge is 0.505 e. The minimum atomic E-state index is -0.697. The number of aromatic amines is 1. The van der Waals surface area contributed by atoms with Gasteiger partial charge in [0.15, 0.2) is 11.6 Å². The SMILES string of the molecule is Oc1cc(Oc2cccc(-c3ccc4cn[nH]c4c3)n2)ccc1F. The highest BCUT2D eigenvalue weighted by Gasteiger charge is 2.07. The molecule has 0 aliphatic rings. The third-order valence-corrected chi connectivity index (χ3v) is 3.60. The van der Waals surface area contributed by atoms with Gasteiger partial charge in [-0.05, 0) is 24.3 Å². The van der Waals surface area contributed by atoms with Gasteiger partial charge in [0.1, 0.15) is 5.75 Å². The van der Waals surface area contributed by atoms with Gasteiger partial charge in [-0.3, -0.25) is 5.10 Å². The number of benzene rings is 2. The van der Waals surface area contributed by atoms with Crippen molar-refractivity contribution in [1.29, 1.82) is 0 Å². The molecule has 2 N–H and O–H groups in total. The molecule has 0 bridgehead atoms. The maximum absolute atomic E-state index is 13.1. The van der Waals surface area contributed by atoms with Crippen molar-refractivity contribution in [1.82, 2.24) is 15.2 Å². The molecule has 4 rings (SSSR count). The number of hydrogen-bond acceptors (Lipinski definition) is 4. The molecule has 24 heavy (non-hydrogen) atoms. The van der Waals surface area contributed by atoms with Crippen molar-refractivity contribution in [3.8, 4) is 28.6 Å². The van der Waals surface area contributed by atoms with E-state index in [1.165, 1.54) is 12.1 Å². The van der Waals surface area contributed by atoms with Crippen LogP contribution in [-0.2, 0) is 0 Å². The van der Waals surface area contributed by atoms with Crippen LogP contribution in [0.4, 0.5) is 4.39 Å². The molecule has 0 atom stereocenters. The highest BCUT2D eigenvalue weighted by molar-refractivity contribution is 5.83. The second-order valence-corrected chi connectivity index (χ2v) is 5.25. The van der Waals surface area contributed by atoms with Gasteiger partial charge < -0.3 is 9.84 Å². The number of phenols is 1. The number of aromatic nitrogens is 3. The molecule has 0 saturated carbocycles. The summed E-state index contributed by atoms with van der Waals surface area (Å²) in [6.07, 6.45) is 1.76. The number of pyridine rings is 1. The van der Waals surface area contributed by atoms with E-state index in [0.29, 0.717) is 11.6 Å². The fraction of sp³-hybridized carbons (Fsp3) is 0. The Morgan fingerprint density at radius 1 is 1.04 bits per heavy atom. The second kappa shape index (κ2) is 5.66. The number of halogens is 1. The Bertz CT molecular complexity index is 1030. The number of fused-ring (bicyclic) bond motifs is 1. The highest BCUT2D eigenvalue weighted by atomic mass is 19.1. The molecule has 0 amide bonds. The van der Waals surface area contributed by atoms with E-state index in [9.17, 15) is 9.50 Å². The zero-order chi connectivity index (χ0) is 16.5. The molecule has 6 heteroatoms. The number of aromatic hydroxyl groups is 1. The van der Waals surface area contributed by atoms with E-state index in [-0.39, 0.29) is 0 Å². The van der Waals surface area contributed by atoms with E-state index < -0.39 is 11.6 Å². The molecule has 0 aliphatic carbocycles. The Hall–Kier alpha value is -3.41. The summed E-state index contributed by atoms with van der Waals surface area (Å²) in [5.74, 6) is -0.504. The molecule has 2 aromatic carbocycles. The Morgan fingerprint density at radius 3 is 2.83 bits per heavy atom. The maximum atomic E-state index is 13.1. The maximum Gasteiger partial charge on any atom is 0.219 e. The van der Waals surface area contributed by atoms with Crippen molar-refractivity contribution in [3.05, 3.63) is 66.6 Å². The zero-order valence-electron chi connectivity index (χ0n) is 12.4. The van der Waals surface area contributed by atoms with Crippen LogP contribution >= 0.6 is 0 Å². The molecule has 0 unspecified atom stereocenters. The van der Waals surface area contributed by atoms with Gasteiger partial charge in [-0.25, -0.2) is 9.37 Å². The summed E-state index contributed by atoms with van der Waals surface area (Å²) in [6, 6.07) is 15.0. The molecular formula is C18H12FN3O2. The number of H-pyrrole nitrogens is 1. The summed E-state index contributed by atoms with van der Waals surface area (Å²) < 4.78 is 18.7. The topological polar surface area (TPSA) is 71.0 Å². The van der Waals surface area contributed by atoms with Crippen molar-refractivity contribution in [3.63, 3.8) is 0 Å². The first kappa shape index (κ1) is 14.2. The first-order chi connectivity index (χ1) is 11.7. The molecule has 118 valence electrons. The summed E-state index contributed by atoms with van der Waals surface area (Å²) in [7, 11) is 0. The van der Waals surface area contributed by atoms with Crippen LogP contribution in [0.25, 0.3) is 22.2 Å². The van der Waals surface area contributed by atoms with Crippen molar-refractivity contribution < 1.29 is 14.2 Å². The van der Waals surface area contributed by atoms with Crippen LogP contribution in [0.5, 0.6) is 17.4 Å². The summed E-state index contributed by atoms with van der Waals surface area (Å²) in [5, 5.41) is 17.4. The molecule has 2 heterocycles. The molecular weight excluding hydrogens is 309 g/mol. The number of nitrogens with zero attached hydrogens (tertiary/aromatic N) is 2. The van der Waals surface area contributed by atoms with Crippen LogP contribution in [0, 0.1) is 5.82 Å². The molecule has 0 fully saturated rings. The predicted octanol–water partition coefficient (Wildman–Crippen LogP) is 4.26. The van der Waals surface area contributed by atoms with Crippen molar-refractivity contribution in [2.45, 2.75) is 0 Å². The Labute approximate surface area is 136 Å². The van der Waals surface area contributed by atoms with Gasteiger partial charge in [0.05, 0.1) is 17.4 Å². The fourth-order valence-corrected chi connectivity index (χ4v) is 2.41. The lowest BCUT2D eigenvalue weighted by atomic mass is 10.1. The zero-order valence-corrected chi connectivity index (χ0v) is 12.4. The van der Waals surface area contributed by atoms with Crippen molar-refractivity contribution in [2.24, 2.45) is 0 Å². The number of phenolic OH excluding ortho intramolecular Hbond substituents is 1. The van der Waals surface area contributed by atoms with E-state index in [0.717, 1.165) is 28.2 Å². The fourth-order valence-electron chi connectivity index (χ4n) is 2.41. The Morgan fingerprint density at radius 2 is 1.96 bits per heavy atom. The van der Waals surface area contributed by atoms with Gasteiger partial charge in [-0.15, -0.1) is 0 Å². The smallest absolute Gasteiger partial charge is 0.219 e. The Balaban J connectivity index is 1.66. The molecule has 5 nitrogen and oxygen atoms in total. The number of hydrogen-bond donors (Lipinski definition) is 2. The van der Waals surface area contributed by atoms with Crippen LogP contribution < -0.4 is 4.74 Å². The van der Waals surface area contributed by atoms with Gasteiger partial charge in [0, 0.05) is 23.1 Å². The molecule has 0 aliphatic heterocycles. The lowest BCUT2D eigenvalue weighted by Crippen LogP contribution is -1.90. The van der Waals surface area contributed by atoms with Gasteiger partial charge >= 0.3 is 0 Å². The normalized spacial score (nSPS) is 10.9. The monoisotopic (exact) mass is 321 g/mol. The lowest BCUT2D eigenvalue weighted by molar-refractivity contribution is 0.418. The predicted molar refractivity (Wildman–Crippen MR) is 87.5 cm³/mol. The average molecular weight is 321 g/mol. The molecule has 0 saturated heterocycles. The quantitative estimate of drug-likeness (QED) is 0.591. The van der Waals surface area contributed by atoms with Crippen LogP contribution in [-0.4, -0.2) is 20.3 Å². The van der Waals surface area contributed by atoms with E-state index >= 15 is 0 Å². The first-order valence-corrected chi connectivity index (χ1v) is 7.26. The number of nitrogens with one attached hydrogen (secondary N) is 1. The summed E-state index contributed by atoms with van der Waals surface area (Å²) in [5.41, 5.74) is 2.57. The highest BCUT2D eigenvalue weighted by Crippen LogP contribution is 2.28. The van der Waals surface area contributed by atoms with Gasteiger partial charge in [0.25, 0.3) is 0 Å². The van der Waals surface area contributed by atoms with Crippen molar-refractivity contribution >= 4 is 10.9 Å². The van der Waals surface area contributed by atoms with Gasteiger partial charge in [-0.1, -0.05) is 18.2 Å². The molecule has 0 radical (unpaired) electrons. The van der Waals surface area contributed by atoms with E-state index in [4.69, 9.17) is 4.74 Å². The number of ether oxygens (including phenoxy) is 1. The molecule has 2 aromatic heterocycles.